The van der Waals surface area contributed by atoms with E-state index in [9.17, 15) is 14.0 Å². The number of piperazine rings is 1. The lowest BCUT2D eigenvalue weighted by molar-refractivity contribution is -0.145. The SMILES string of the molecule is CC1(N)CCCCC1C(=O)N1CCN(C(=O)COc2ccc(F)cc2)CC1. The third kappa shape index (κ3) is 4.77. The van der Waals surface area contributed by atoms with E-state index in [1.807, 2.05) is 11.8 Å². The molecule has 0 spiro atoms. The van der Waals surface area contributed by atoms with Gasteiger partial charge in [0.15, 0.2) is 6.61 Å². The third-order valence-electron chi connectivity index (χ3n) is 5.67. The van der Waals surface area contributed by atoms with Crippen molar-refractivity contribution >= 4 is 11.8 Å². The third-order valence-corrected chi connectivity index (χ3v) is 5.67. The molecule has 2 unspecified atom stereocenters. The van der Waals surface area contributed by atoms with Crippen LogP contribution in [0.5, 0.6) is 5.75 Å². The van der Waals surface area contributed by atoms with Crippen molar-refractivity contribution in [2.75, 3.05) is 32.8 Å². The van der Waals surface area contributed by atoms with E-state index in [-0.39, 0.29) is 30.2 Å². The number of carbonyl (C=O) groups excluding carboxylic acids is 2. The van der Waals surface area contributed by atoms with Gasteiger partial charge in [0.2, 0.25) is 5.91 Å². The van der Waals surface area contributed by atoms with Gasteiger partial charge in [-0.25, -0.2) is 4.39 Å². The Balaban J connectivity index is 1.47. The van der Waals surface area contributed by atoms with Gasteiger partial charge >= 0.3 is 0 Å². The van der Waals surface area contributed by atoms with Crippen molar-refractivity contribution in [3.05, 3.63) is 30.1 Å². The Morgan fingerprint density at radius 3 is 2.41 bits per heavy atom. The molecule has 1 aliphatic carbocycles. The van der Waals surface area contributed by atoms with Crippen LogP contribution in [-0.4, -0.2) is 59.9 Å². The molecule has 0 aromatic heterocycles. The summed E-state index contributed by atoms with van der Waals surface area (Å²) < 4.78 is 18.3. The zero-order chi connectivity index (χ0) is 19.4. The van der Waals surface area contributed by atoms with Gasteiger partial charge in [0.1, 0.15) is 11.6 Å². The van der Waals surface area contributed by atoms with E-state index in [2.05, 4.69) is 0 Å². The van der Waals surface area contributed by atoms with Crippen LogP contribution in [0.3, 0.4) is 0 Å². The van der Waals surface area contributed by atoms with Crippen molar-refractivity contribution in [2.24, 2.45) is 11.7 Å². The Morgan fingerprint density at radius 1 is 1.15 bits per heavy atom. The van der Waals surface area contributed by atoms with Gasteiger partial charge in [0, 0.05) is 31.7 Å². The highest BCUT2D eigenvalue weighted by Crippen LogP contribution is 2.33. The lowest BCUT2D eigenvalue weighted by Crippen LogP contribution is -2.58. The molecule has 2 N–H and O–H groups in total. The van der Waals surface area contributed by atoms with E-state index in [1.165, 1.54) is 24.3 Å². The number of rotatable bonds is 4. The first kappa shape index (κ1) is 19.6. The number of halogens is 1. The monoisotopic (exact) mass is 377 g/mol. The van der Waals surface area contributed by atoms with Gasteiger partial charge in [0.05, 0.1) is 5.92 Å². The highest BCUT2D eigenvalue weighted by atomic mass is 19.1. The maximum atomic E-state index is 12.9. The lowest BCUT2D eigenvalue weighted by Gasteiger charge is -2.42. The van der Waals surface area contributed by atoms with Crippen molar-refractivity contribution in [1.82, 2.24) is 9.80 Å². The molecule has 1 heterocycles. The molecule has 6 nitrogen and oxygen atoms in total. The molecule has 1 saturated heterocycles. The van der Waals surface area contributed by atoms with E-state index in [4.69, 9.17) is 10.5 Å². The quantitative estimate of drug-likeness (QED) is 0.868. The standard InChI is InChI=1S/C20H28FN3O3/c1-20(22)9-3-2-4-17(20)19(26)24-12-10-23(11-13-24)18(25)14-27-16-7-5-15(21)6-8-16/h5-8,17H,2-4,9-14,22H2,1H3. The topological polar surface area (TPSA) is 75.9 Å². The fourth-order valence-corrected chi connectivity index (χ4v) is 3.93. The molecule has 2 aliphatic rings. The van der Waals surface area contributed by atoms with Gasteiger partial charge in [-0.15, -0.1) is 0 Å². The summed E-state index contributed by atoms with van der Waals surface area (Å²) in [4.78, 5) is 28.7. The number of nitrogens with zero attached hydrogens (tertiary/aromatic N) is 2. The van der Waals surface area contributed by atoms with Crippen molar-refractivity contribution in [2.45, 2.75) is 38.1 Å². The van der Waals surface area contributed by atoms with Crippen LogP contribution < -0.4 is 10.5 Å². The highest BCUT2D eigenvalue weighted by Gasteiger charge is 2.40. The van der Waals surface area contributed by atoms with Crippen molar-refractivity contribution in [3.63, 3.8) is 0 Å². The van der Waals surface area contributed by atoms with Crippen molar-refractivity contribution in [3.8, 4) is 5.75 Å². The molecule has 1 aromatic rings. The van der Waals surface area contributed by atoms with Crippen LogP contribution >= 0.6 is 0 Å². The molecule has 0 bridgehead atoms. The molecule has 2 fully saturated rings. The fourth-order valence-electron chi connectivity index (χ4n) is 3.93. The van der Waals surface area contributed by atoms with Gasteiger partial charge in [-0.05, 0) is 44.0 Å². The maximum Gasteiger partial charge on any atom is 0.260 e. The number of hydrogen-bond donors (Lipinski definition) is 1. The second-order valence-corrected chi connectivity index (χ2v) is 7.75. The zero-order valence-corrected chi connectivity index (χ0v) is 15.8. The Labute approximate surface area is 159 Å². The molecule has 1 aromatic carbocycles. The first-order valence-electron chi connectivity index (χ1n) is 9.60. The van der Waals surface area contributed by atoms with Crippen molar-refractivity contribution in [1.29, 1.82) is 0 Å². The maximum absolute atomic E-state index is 12.9. The van der Waals surface area contributed by atoms with Gasteiger partial charge in [-0.1, -0.05) is 12.8 Å². The summed E-state index contributed by atoms with van der Waals surface area (Å²) in [5, 5.41) is 0. The van der Waals surface area contributed by atoms with Gasteiger partial charge < -0.3 is 20.3 Å². The lowest BCUT2D eigenvalue weighted by atomic mass is 9.74. The second kappa shape index (κ2) is 8.25. The molecule has 1 aliphatic heterocycles. The Hall–Kier alpha value is -2.15. The average molecular weight is 377 g/mol. The van der Waals surface area contributed by atoms with Crippen LogP contribution in [0.15, 0.2) is 24.3 Å². The summed E-state index contributed by atoms with van der Waals surface area (Å²) in [6, 6.07) is 5.57. The van der Waals surface area contributed by atoms with E-state index in [0.29, 0.717) is 31.9 Å². The van der Waals surface area contributed by atoms with E-state index in [1.54, 1.807) is 4.90 Å². The minimum absolute atomic E-state index is 0.0942. The van der Waals surface area contributed by atoms with Crippen LogP contribution in [0.25, 0.3) is 0 Å². The molecule has 1 saturated carbocycles. The largest absolute Gasteiger partial charge is 0.484 e. The minimum atomic E-state index is -0.439. The van der Waals surface area contributed by atoms with Gasteiger partial charge in [-0.2, -0.15) is 0 Å². The summed E-state index contributed by atoms with van der Waals surface area (Å²) >= 11 is 0. The molecule has 148 valence electrons. The number of amides is 2. The minimum Gasteiger partial charge on any atom is -0.484 e. The normalized spacial score (nSPS) is 26.0. The fraction of sp³-hybridized carbons (Fsp3) is 0.600. The average Bonchev–Trinajstić information content (AvgIpc) is 2.66. The molecule has 3 rings (SSSR count). The highest BCUT2D eigenvalue weighted by molar-refractivity contribution is 5.81. The van der Waals surface area contributed by atoms with Crippen LogP contribution in [0.4, 0.5) is 4.39 Å². The summed E-state index contributed by atoms with van der Waals surface area (Å²) in [5.74, 6) is -0.0310. The van der Waals surface area contributed by atoms with Crippen LogP contribution in [0.2, 0.25) is 0 Å². The van der Waals surface area contributed by atoms with Crippen LogP contribution in [0.1, 0.15) is 32.6 Å². The van der Waals surface area contributed by atoms with E-state index < -0.39 is 5.54 Å². The molecule has 0 radical (unpaired) electrons. The summed E-state index contributed by atoms with van der Waals surface area (Å²) in [5.41, 5.74) is 5.92. The molecule has 2 amide bonds. The van der Waals surface area contributed by atoms with E-state index >= 15 is 0 Å². The second-order valence-electron chi connectivity index (χ2n) is 7.75. The van der Waals surface area contributed by atoms with Crippen LogP contribution in [0, 0.1) is 11.7 Å². The zero-order valence-electron chi connectivity index (χ0n) is 15.8. The number of carbonyl (C=O) groups is 2. The predicted molar refractivity (Wildman–Crippen MR) is 99.6 cm³/mol. The molecular formula is C20H28FN3O3. The van der Waals surface area contributed by atoms with E-state index in [0.717, 1.165) is 25.7 Å². The molecule has 27 heavy (non-hydrogen) atoms. The first-order chi connectivity index (χ1) is 12.9. The Kier molecular flexibility index (Phi) is 5.99. The summed E-state index contributed by atoms with van der Waals surface area (Å²) in [6.07, 6.45) is 3.84. The number of hydrogen-bond acceptors (Lipinski definition) is 4. The van der Waals surface area contributed by atoms with Gasteiger partial charge in [0.25, 0.3) is 5.91 Å². The molecule has 7 heteroatoms. The van der Waals surface area contributed by atoms with Crippen LogP contribution in [-0.2, 0) is 9.59 Å². The summed E-state index contributed by atoms with van der Waals surface area (Å²) in [7, 11) is 0. The predicted octanol–water partition coefficient (Wildman–Crippen LogP) is 1.78. The first-order valence-corrected chi connectivity index (χ1v) is 9.60. The Morgan fingerprint density at radius 2 is 1.78 bits per heavy atom. The molecule has 2 atom stereocenters. The molecular weight excluding hydrogens is 349 g/mol. The number of benzene rings is 1. The number of ether oxygens (including phenoxy) is 1. The van der Waals surface area contributed by atoms with Crippen molar-refractivity contribution < 1.29 is 18.7 Å². The summed E-state index contributed by atoms with van der Waals surface area (Å²) in [6.45, 7) is 3.91. The Bertz CT molecular complexity index is 670. The number of nitrogens with two attached hydrogens (primary N) is 1. The smallest absolute Gasteiger partial charge is 0.260 e. The van der Waals surface area contributed by atoms with Gasteiger partial charge in [-0.3, -0.25) is 9.59 Å².